The molecule has 0 atom stereocenters. The molecule has 0 unspecified atom stereocenters. The number of anilines is 2. The van der Waals surface area contributed by atoms with E-state index in [2.05, 4.69) is 20.3 Å². The van der Waals surface area contributed by atoms with Crippen LogP contribution in [0.25, 0.3) is 11.4 Å². The molecule has 1 N–H and O–H groups in total. The summed E-state index contributed by atoms with van der Waals surface area (Å²) in [5.74, 6) is -1.91. The van der Waals surface area contributed by atoms with E-state index in [1.54, 1.807) is 24.3 Å². The van der Waals surface area contributed by atoms with Crippen LogP contribution >= 0.6 is 0 Å². The number of hydrogen-bond acceptors (Lipinski definition) is 4. The Kier molecular flexibility index (Phi) is 3.92. The van der Waals surface area contributed by atoms with Crippen LogP contribution in [0.1, 0.15) is 5.82 Å². The minimum absolute atomic E-state index is 0.0624. The van der Waals surface area contributed by atoms with Gasteiger partial charge in [-0.2, -0.15) is 13.2 Å². The molecule has 2 heterocycles. The van der Waals surface area contributed by atoms with Crippen LogP contribution in [-0.4, -0.2) is 19.5 Å². The molecule has 0 amide bonds. The van der Waals surface area contributed by atoms with E-state index in [1.807, 2.05) is 6.07 Å². The summed E-state index contributed by atoms with van der Waals surface area (Å²) in [6, 6.07) is 8.87. The summed E-state index contributed by atoms with van der Waals surface area (Å²) >= 11 is 0. The minimum Gasteiger partial charge on any atom is -0.324 e. The molecule has 0 saturated heterocycles. The number of halogens is 4. The fourth-order valence-corrected chi connectivity index (χ4v) is 2.15. The van der Waals surface area contributed by atoms with Gasteiger partial charge in [-0.15, -0.1) is 0 Å². The summed E-state index contributed by atoms with van der Waals surface area (Å²) in [6.07, 6.45) is -2.81. The van der Waals surface area contributed by atoms with Gasteiger partial charge in [0.05, 0.1) is 18.1 Å². The van der Waals surface area contributed by atoms with Crippen LogP contribution in [0.5, 0.6) is 0 Å². The Labute approximate surface area is 134 Å². The first kappa shape index (κ1) is 15.9. The van der Waals surface area contributed by atoms with Crippen molar-refractivity contribution in [2.75, 3.05) is 5.32 Å². The van der Waals surface area contributed by atoms with Gasteiger partial charge in [0.25, 0.3) is 0 Å². The monoisotopic (exact) mass is 337 g/mol. The van der Waals surface area contributed by atoms with Crippen molar-refractivity contribution in [3.8, 4) is 11.4 Å². The third-order valence-corrected chi connectivity index (χ3v) is 3.26. The summed E-state index contributed by atoms with van der Waals surface area (Å²) in [5.41, 5.74) is 0.295. The summed E-state index contributed by atoms with van der Waals surface area (Å²) in [4.78, 5) is 11.1. The molecule has 0 radical (unpaired) electrons. The number of benzene rings is 1. The number of aromatic nitrogens is 4. The van der Waals surface area contributed by atoms with E-state index in [9.17, 15) is 17.6 Å². The molecule has 3 rings (SSSR count). The van der Waals surface area contributed by atoms with Crippen LogP contribution in [0.3, 0.4) is 0 Å². The maximum absolute atomic E-state index is 14.0. The molecular formula is C15H11F4N5. The van der Waals surface area contributed by atoms with Gasteiger partial charge in [-0.05, 0) is 12.1 Å². The minimum atomic E-state index is -4.64. The van der Waals surface area contributed by atoms with E-state index in [1.165, 1.54) is 0 Å². The van der Waals surface area contributed by atoms with Crippen molar-refractivity contribution in [3.63, 3.8) is 0 Å². The second kappa shape index (κ2) is 5.91. The summed E-state index contributed by atoms with van der Waals surface area (Å²) in [5, 5.41) is 2.86. The highest BCUT2D eigenvalue weighted by atomic mass is 19.4. The van der Waals surface area contributed by atoms with Gasteiger partial charge in [-0.1, -0.05) is 18.2 Å². The van der Waals surface area contributed by atoms with Gasteiger partial charge in [0, 0.05) is 12.7 Å². The number of para-hydroxylation sites is 1. The van der Waals surface area contributed by atoms with Crippen molar-refractivity contribution in [1.82, 2.24) is 19.5 Å². The van der Waals surface area contributed by atoms with Crippen LogP contribution in [0.4, 0.5) is 29.2 Å². The number of alkyl halides is 3. The maximum atomic E-state index is 14.0. The van der Waals surface area contributed by atoms with Crippen molar-refractivity contribution < 1.29 is 17.6 Å². The molecule has 0 fully saturated rings. The van der Waals surface area contributed by atoms with Crippen molar-refractivity contribution in [2.24, 2.45) is 7.05 Å². The van der Waals surface area contributed by atoms with Gasteiger partial charge < -0.3 is 9.88 Å². The average Bonchev–Trinajstić information content (AvgIpc) is 2.92. The molecular weight excluding hydrogens is 326 g/mol. The average molecular weight is 337 g/mol. The first-order valence-corrected chi connectivity index (χ1v) is 6.80. The van der Waals surface area contributed by atoms with E-state index in [4.69, 9.17) is 0 Å². The Bertz CT molecular complexity index is 858. The summed E-state index contributed by atoms with van der Waals surface area (Å²) < 4.78 is 53.2. The smallest absolute Gasteiger partial charge is 0.324 e. The zero-order chi connectivity index (χ0) is 17.3. The highest BCUT2D eigenvalue weighted by Crippen LogP contribution is 2.31. The molecule has 0 aliphatic rings. The molecule has 0 saturated carbocycles. The SMILES string of the molecule is Cn1c(-c2nc(Nc3ccccc3)ncc2F)cnc1C(F)(F)F. The standard InChI is InChI=1S/C15H11F4N5/c1-24-11(8-20-13(24)15(17,18)19)12-10(16)7-21-14(23-12)22-9-5-3-2-4-6-9/h2-8H,1H3,(H,21,22,23). The number of nitrogens with one attached hydrogen (secondary N) is 1. The predicted molar refractivity (Wildman–Crippen MR) is 78.9 cm³/mol. The van der Waals surface area contributed by atoms with Gasteiger partial charge in [0.2, 0.25) is 11.8 Å². The van der Waals surface area contributed by atoms with Crippen molar-refractivity contribution in [2.45, 2.75) is 6.18 Å². The quantitative estimate of drug-likeness (QED) is 0.739. The number of imidazole rings is 1. The van der Waals surface area contributed by atoms with Gasteiger partial charge in [0.1, 0.15) is 5.69 Å². The third kappa shape index (κ3) is 3.05. The van der Waals surface area contributed by atoms with Crippen LogP contribution in [0.2, 0.25) is 0 Å². The van der Waals surface area contributed by atoms with E-state index in [0.717, 1.165) is 24.0 Å². The molecule has 3 aromatic rings. The number of nitrogens with zero attached hydrogens (tertiary/aromatic N) is 4. The largest absolute Gasteiger partial charge is 0.449 e. The first-order valence-electron chi connectivity index (χ1n) is 6.80. The lowest BCUT2D eigenvalue weighted by Gasteiger charge is -2.10. The second-order valence-electron chi connectivity index (χ2n) is 4.91. The van der Waals surface area contributed by atoms with Crippen molar-refractivity contribution in [3.05, 3.63) is 54.4 Å². The Morgan fingerprint density at radius 3 is 2.38 bits per heavy atom. The van der Waals surface area contributed by atoms with E-state index >= 15 is 0 Å². The molecule has 9 heteroatoms. The van der Waals surface area contributed by atoms with Gasteiger partial charge in [0.15, 0.2) is 5.82 Å². The fraction of sp³-hybridized carbons (Fsp3) is 0.133. The highest BCUT2D eigenvalue weighted by molar-refractivity contribution is 5.59. The Balaban J connectivity index is 2.00. The molecule has 1 aromatic carbocycles. The van der Waals surface area contributed by atoms with Gasteiger partial charge in [-0.3, -0.25) is 0 Å². The lowest BCUT2D eigenvalue weighted by atomic mass is 10.3. The van der Waals surface area contributed by atoms with Gasteiger partial charge in [-0.25, -0.2) is 19.3 Å². The second-order valence-corrected chi connectivity index (χ2v) is 4.91. The molecule has 0 aliphatic carbocycles. The van der Waals surface area contributed by atoms with E-state index in [0.29, 0.717) is 5.69 Å². The number of rotatable bonds is 3. The zero-order valence-corrected chi connectivity index (χ0v) is 12.3. The van der Waals surface area contributed by atoms with E-state index in [-0.39, 0.29) is 17.3 Å². The Morgan fingerprint density at radius 2 is 1.75 bits per heavy atom. The first-order chi connectivity index (χ1) is 11.4. The Morgan fingerprint density at radius 1 is 1.04 bits per heavy atom. The normalized spacial score (nSPS) is 11.5. The maximum Gasteiger partial charge on any atom is 0.449 e. The summed E-state index contributed by atoms with van der Waals surface area (Å²) in [7, 11) is 1.15. The molecule has 124 valence electrons. The lowest BCUT2D eigenvalue weighted by molar-refractivity contribution is -0.146. The summed E-state index contributed by atoms with van der Waals surface area (Å²) in [6.45, 7) is 0. The Hall–Kier alpha value is -2.97. The predicted octanol–water partition coefficient (Wildman–Crippen LogP) is 3.78. The van der Waals surface area contributed by atoms with Crippen LogP contribution < -0.4 is 5.32 Å². The van der Waals surface area contributed by atoms with E-state index < -0.39 is 17.8 Å². The molecule has 0 bridgehead atoms. The third-order valence-electron chi connectivity index (χ3n) is 3.26. The molecule has 0 aliphatic heterocycles. The molecule has 24 heavy (non-hydrogen) atoms. The van der Waals surface area contributed by atoms with Crippen LogP contribution in [-0.2, 0) is 13.2 Å². The molecule has 0 spiro atoms. The molecule has 5 nitrogen and oxygen atoms in total. The van der Waals surface area contributed by atoms with Crippen LogP contribution in [0.15, 0.2) is 42.7 Å². The van der Waals surface area contributed by atoms with Gasteiger partial charge >= 0.3 is 6.18 Å². The lowest BCUT2D eigenvalue weighted by Crippen LogP contribution is -2.13. The van der Waals surface area contributed by atoms with Crippen molar-refractivity contribution in [1.29, 1.82) is 0 Å². The highest BCUT2D eigenvalue weighted by Gasteiger charge is 2.37. The number of hydrogen-bond donors (Lipinski definition) is 1. The zero-order valence-electron chi connectivity index (χ0n) is 12.3. The fourth-order valence-electron chi connectivity index (χ4n) is 2.15. The van der Waals surface area contributed by atoms with Crippen LogP contribution in [0, 0.1) is 5.82 Å². The van der Waals surface area contributed by atoms with Crippen molar-refractivity contribution >= 4 is 11.6 Å². The topological polar surface area (TPSA) is 55.6 Å². The molecule has 2 aromatic heterocycles.